The van der Waals surface area contributed by atoms with E-state index in [4.69, 9.17) is 22.1 Å². The van der Waals surface area contributed by atoms with Gasteiger partial charge in [0.15, 0.2) is 0 Å². The molecule has 1 aromatic heterocycles. The number of likely N-dealkylation sites (tertiary alicyclic amines) is 1. The number of rotatable bonds is 4. The van der Waals surface area contributed by atoms with Gasteiger partial charge in [0.05, 0.1) is 12.6 Å². The standard InChI is InChI=1S/C11H14BrClN2O2S/c1-17-3-2-15-9(16)5-7(14)10(15)8-4-6(12)11(13)18-8/h4,7,10H,2-3,5,14H2,1H3. The van der Waals surface area contributed by atoms with Crippen LogP contribution in [-0.2, 0) is 9.53 Å². The van der Waals surface area contributed by atoms with Gasteiger partial charge in [0.1, 0.15) is 4.34 Å². The van der Waals surface area contributed by atoms with Gasteiger partial charge in [-0.05, 0) is 22.0 Å². The molecule has 100 valence electrons. The number of carbonyl (C=O) groups excluding carboxylic acids is 1. The van der Waals surface area contributed by atoms with Crippen LogP contribution in [0.25, 0.3) is 0 Å². The van der Waals surface area contributed by atoms with E-state index in [-0.39, 0.29) is 18.0 Å². The third kappa shape index (κ3) is 2.72. The van der Waals surface area contributed by atoms with Crippen LogP contribution in [0.1, 0.15) is 17.3 Å². The van der Waals surface area contributed by atoms with Crippen molar-refractivity contribution in [1.29, 1.82) is 0 Å². The van der Waals surface area contributed by atoms with E-state index < -0.39 is 0 Å². The average molecular weight is 354 g/mol. The van der Waals surface area contributed by atoms with Crippen LogP contribution in [0.5, 0.6) is 0 Å². The number of ether oxygens (including phenoxy) is 1. The van der Waals surface area contributed by atoms with E-state index in [9.17, 15) is 4.79 Å². The molecule has 2 atom stereocenters. The van der Waals surface area contributed by atoms with Gasteiger partial charge in [-0.2, -0.15) is 0 Å². The Morgan fingerprint density at radius 2 is 2.44 bits per heavy atom. The third-order valence-corrected chi connectivity index (χ3v) is 5.51. The van der Waals surface area contributed by atoms with Gasteiger partial charge >= 0.3 is 0 Å². The van der Waals surface area contributed by atoms with Crippen molar-refractivity contribution in [2.75, 3.05) is 20.3 Å². The number of hydrogen-bond donors (Lipinski definition) is 1. The lowest BCUT2D eigenvalue weighted by molar-refractivity contribution is -0.129. The van der Waals surface area contributed by atoms with Gasteiger partial charge in [-0.25, -0.2) is 0 Å². The molecular weight excluding hydrogens is 340 g/mol. The zero-order chi connectivity index (χ0) is 13.3. The Hall–Kier alpha value is -0.140. The van der Waals surface area contributed by atoms with E-state index in [1.807, 2.05) is 6.07 Å². The van der Waals surface area contributed by atoms with E-state index in [1.54, 1.807) is 12.0 Å². The third-order valence-electron chi connectivity index (χ3n) is 2.96. The maximum atomic E-state index is 11.9. The molecule has 1 amide bonds. The lowest BCUT2D eigenvalue weighted by Gasteiger charge is -2.25. The second-order valence-corrected chi connectivity index (χ2v) is 6.70. The number of carbonyl (C=O) groups is 1. The maximum absolute atomic E-state index is 11.9. The topological polar surface area (TPSA) is 55.6 Å². The quantitative estimate of drug-likeness (QED) is 0.904. The minimum atomic E-state index is -0.184. The van der Waals surface area contributed by atoms with Crippen LogP contribution in [0.15, 0.2) is 10.5 Å². The molecule has 1 aliphatic rings. The fourth-order valence-electron chi connectivity index (χ4n) is 2.14. The highest BCUT2D eigenvalue weighted by atomic mass is 79.9. The van der Waals surface area contributed by atoms with Crippen molar-refractivity contribution in [3.05, 3.63) is 19.8 Å². The Kier molecular flexibility index (Phi) is 4.66. The molecule has 4 nitrogen and oxygen atoms in total. The second kappa shape index (κ2) is 5.88. The molecular formula is C11H14BrClN2O2S. The highest BCUT2D eigenvalue weighted by Crippen LogP contribution is 2.41. The van der Waals surface area contributed by atoms with Crippen molar-refractivity contribution in [3.63, 3.8) is 0 Å². The number of thiophene rings is 1. The number of nitrogens with zero attached hydrogens (tertiary/aromatic N) is 1. The molecule has 0 spiro atoms. The van der Waals surface area contributed by atoms with Crippen molar-refractivity contribution in [1.82, 2.24) is 4.90 Å². The first-order valence-electron chi connectivity index (χ1n) is 5.53. The van der Waals surface area contributed by atoms with Crippen molar-refractivity contribution in [2.45, 2.75) is 18.5 Å². The Morgan fingerprint density at radius 1 is 1.72 bits per heavy atom. The molecule has 1 aromatic rings. The average Bonchev–Trinajstić information content (AvgIpc) is 2.77. The van der Waals surface area contributed by atoms with E-state index in [0.29, 0.717) is 23.9 Å². The highest BCUT2D eigenvalue weighted by molar-refractivity contribution is 9.10. The van der Waals surface area contributed by atoms with E-state index in [2.05, 4.69) is 15.9 Å². The predicted octanol–water partition coefficient (Wildman–Crippen LogP) is 2.41. The first-order valence-corrected chi connectivity index (χ1v) is 7.52. The Bertz CT molecular complexity index is 435. The van der Waals surface area contributed by atoms with Crippen molar-refractivity contribution >= 4 is 44.8 Å². The molecule has 18 heavy (non-hydrogen) atoms. The summed E-state index contributed by atoms with van der Waals surface area (Å²) in [4.78, 5) is 14.7. The summed E-state index contributed by atoms with van der Waals surface area (Å²) in [6, 6.07) is 1.66. The monoisotopic (exact) mass is 352 g/mol. The largest absolute Gasteiger partial charge is 0.383 e. The first-order chi connectivity index (χ1) is 8.54. The van der Waals surface area contributed by atoms with Crippen LogP contribution >= 0.6 is 38.9 Å². The van der Waals surface area contributed by atoms with Gasteiger partial charge in [-0.15, -0.1) is 11.3 Å². The predicted molar refractivity (Wildman–Crippen MR) is 76.0 cm³/mol. The molecule has 0 radical (unpaired) electrons. The summed E-state index contributed by atoms with van der Waals surface area (Å²) >= 11 is 10.9. The Balaban J connectivity index is 2.24. The molecule has 0 aromatic carbocycles. The van der Waals surface area contributed by atoms with Crippen LogP contribution < -0.4 is 5.73 Å². The molecule has 2 rings (SSSR count). The molecule has 2 unspecified atom stereocenters. The summed E-state index contributed by atoms with van der Waals surface area (Å²) in [5.74, 6) is 0.0743. The number of nitrogens with two attached hydrogens (primary N) is 1. The SMILES string of the molecule is COCCN1C(=O)CC(N)C1c1cc(Br)c(Cl)s1. The van der Waals surface area contributed by atoms with Gasteiger partial charge in [-0.1, -0.05) is 11.6 Å². The van der Waals surface area contributed by atoms with Crippen LogP contribution in [0.3, 0.4) is 0 Å². The molecule has 0 aliphatic carbocycles. The van der Waals surface area contributed by atoms with Crippen LogP contribution in [0.2, 0.25) is 4.34 Å². The molecule has 7 heteroatoms. The fraction of sp³-hybridized carbons (Fsp3) is 0.545. The highest BCUT2D eigenvalue weighted by Gasteiger charge is 2.39. The van der Waals surface area contributed by atoms with Crippen LogP contribution in [0, 0.1) is 0 Å². The van der Waals surface area contributed by atoms with Crippen molar-refractivity contribution in [3.8, 4) is 0 Å². The molecule has 1 fully saturated rings. The lowest BCUT2D eigenvalue weighted by Crippen LogP contribution is -2.34. The van der Waals surface area contributed by atoms with Gasteiger partial charge in [0, 0.05) is 35.5 Å². The molecule has 1 saturated heterocycles. The summed E-state index contributed by atoms with van der Waals surface area (Å²) in [7, 11) is 1.62. The number of methoxy groups -OCH3 is 1. The summed E-state index contributed by atoms with van der Waals surface area (Å²) in [5, 5.41) is 0. The summed E-state index contributed by atoms with van der Waals surface area (Å²) in [6.45, 7) is 1.07. The minimum absolute atomic E-state index is 0.0743. The number of hydrogen-bond acceptors (Lipinski definition) is 4. The Morgan fingerprint density at radius 3 is 3.00 bits per heavy atom. The second-order valence-electron chi connectivity index (χ2n) is 4.16. The Labute approximate surface area is 123 Å². The summed E-state index contributed by atoms with van der Waals surface area (Å²) in [5.41, 5.74) is 6.07. The molecule has 2 N–H and O–H groups in total. The van der Waals surface area contributed by atoms with E-state index >= 15 is 0 Å². The summed E-state index contributed by atoms with van der Waals surface area (Å²) < 4.78 is 6.57. The van der Waals surface area contributed by atoms with Crippen molar-refractivity contribution in [2.24, 2.45) is 5.73 Å². The number of halogens is 2. The zero-order valence-corrected chi connectivity index (χ0v) is 13.0. The lowest BCUT2D eigenvalue weighted by atomic mass is 10.1. The molecule has 0 saturated carbocycles. The first kappa shape index (κ1) is 14.3. The molecule has 2 heterocycles. The van der Waals surface area contributed by atoms with Gasteiger partial charge in [-0.3, -0.25) is 4.79 Å². The normalized spacial score (nSPS) is 24.0. The smallest absolute Gasteiger partial charge is 0.224 e. The van der Waals surface area contributed by atoms with Crippen LogP contribution in [-0.4, -0.2) is 37.1 Å². The fourth-order valence-corrected chi connectivity index (χ4v) is 4.07. The molecule has 1 aliphatic heterocycles. The molecule has 0 bridgehead atoms. The maximum Gasteiger partial charge on any atom is 0.224 e. The summed E-state index contributed by atoms with van der Waals surface area (Å²) in [6.07, 6.45) is 0.377. The van der Waals surface area contributed by atoms with Crippen molar-refractivity contribution < 1.29 is 9.53 Å². The van der Waals surface area contributed by atoms with E-state index in [0.717, 1.165) is 9.35 Å². The van der Waals surface area contributed by atoms with Gasteiger partial charge in [0.25, 0.3) is 0 Å². The van der Waals surface area contributed by atoms with Crippen LogP contribution in [0.4, 0.5) is 0 Å². The number of amides is 1. The minimum Gasteiger partial charge on any atom is -0.383 e. The van der Waals surface area contributed by atoms with Gasteiger partial charge < -0.3 is 15.4 Å². The zero-order valence-electron chi connectivity index (χ0n) is 9.86. The van der Waals surface area contributed by atoms with E-state index in [1.165, 1.54) is 11.3 Å². The van der Waals surface area contributed by atoms with Gasteiger partial charge in [0.2, 0.25) is 5.91 Å².